The summed E-state index contributed by atoms with van der Waals surface area (Å²) in [5.41, 5.74) is 13.8. The molecule has 3 aromatic heterocycles. The number of rotatable bonds is 5. The summed E-state index contributed by atoms with van der Waals surface area (Å²) < 4.78 is 0. The minimum absolute atomic E-state index is 0.00525. The highest BCUT2D eigenvalue weighted by atomic mass is 16.6. The Hall–Kier alpha value is -7.52. The molecule has 0 saturated carbocycles. The number of nitro groups is 1. The van der Waals surface area contributed by atoms with E-state index in [0.29, 0.717) is 55.6 Å². The molecule has 0 amide bonds. The number of benzene rings is 4. The number of aromatic nitrogens is 4. The van der Waals surface area contributed by atoms with E-state index in [9.17, 15) is 10.1 Å². The number of carbonyl (C=O) groups excluding carboxylic acids is 2. The van der Waals surface area contributed by atoms with Gasteiger partial charge in [0, 0.05) is 50.4 Å². The third-order valence-electron chi connectivity index (χ3n) is 17.0. The van der Waals surface area contributed by atoms with Crippen LogP contribution in [0.2, 0.25) is 0 Å². The first-order valence-electron chi connectivity index (χ1n) is 30.2. The number of nitrogens with one attached hydrogen (secondary N) is 2. The van der Waals surface area contributed by atoms with Gasteiger partial charge < -0.3 is 9.97 Å². The van der Waals surface area contributed by atoms with Gasteiger partial charge in [0.15, 0.2) is 5.69 Å². The molecule has 2 N–H and O–H groups in total. The first-order chi connectivity index (χ1) is 38.8. The largest absolute Gasteiger partial charge is 0.354 e. The Morgan fingerprint density at radius 2 is 0.553 bits per heavy atom. The van der Waals surface area contributed by atoms with Gasteiger partial charge in [-0.3, -0.25) is 19.7 Å². The molecule has 0 fully saturated rings. The molecule has 0 atom stereocenters. The summed E-state index contributed by atoms with van der Waals surface area (Å²) in [6, 6.07) is 33.9. The second kappa shape index (κ2) is 20.6. The van der Waals surface area contributed by atoms with Gasteiger partial charge in [0.2, 0.25) is 0 Å². The van der Waals surface area contributed by atoms with Gasteiger partial charge in [-0.2, -0.15) is 0 Å². The SMILES string of the molecule is CC(C)(C)c1cc(-c2c3nc(c(-c4cc(C(C)(C)C)cc(C(C)(C)C)c4)c4ccc([nH]4)c(-c4cc(C(C)(C)C)cc(C(C)(C)C)c4)c4nc(c(-c5cc(C(C)(C)C)cc(C(C)(C)C)c5)c5ccc2[nH]5)C(=O)C4=O)C([N+](=O)[O-])=C3)cc(C(C)(C)C)c1. The Morgan fingerprint density at radius 1 is 0.329 bits per heavy atom. The van der Waals surface area contributed by atoms with Gasteiger partial charge >= 0.3 is 0 Å². The quantitative estimate of drug-likeness (QED) is 0.100. The summed E-state index contributed by atoms with van der Waals surface area (Å²) in [4.78, 5) is 63.7. The van der Waals surface area contributed by atoms with Gasteiger partial charge in [0.05, 0.1) is 10.6 Å². The van der Waals surface area contributed by atoms with Gasteiger partial charge in [-0.25, -0.2) is 9.97 Å². The number of nitrogens with zero attached hydrogens (tertiary/aromatic N) is 3. The normalized spacial score (nSPS) is 14.1. The van der Waals surface area contributed by atoms with E-state index in [1.165, 1.54) is 0 Å². The van der Waals surface area contributed by atoms with Crippen molar-refractivity contribution in [2.75, 3.05) is 0 Å². The van der Waals surface area contributed by atoms with Crippen LogP contribution in [0.25, 0.3) is 78.3 Å². The van der Waals surface area contributed by atoms with E-state index in [1.807, 2.05) is 24.3 Å². The Morgan fingerprint density at radius 3 is 0.788 bits per heavy atom. The van der Waals surface area contributed by atoms with Crippen LogP contribution in [0.3, 0.4) is 0 Å². The zero-order valence-electron chi connectivity index (χ0n) is 55.3. The number of ketones is 2. The zero-order chi connectivity index (χ0) is 63.0. The van der Waals surface area contributed by atoms with Crippen molar-refractivity contribution in [3.05, 3.63) is 174 Å². The molecule has 2 aliphatic heterocycles. The molecule has 9 rings (SSSR count). The molecule has 4 aromatic carbocycles. The van der Waals surface area contributed by atoms with Crippen molar-refractivity contribution in [1.29, 1.82) is 0 Å². The fourth-order valence-electron chi connectivity index (χ4n) is 11.3. The highest BCUT2D eigenvalue weighted by Crippen LogP contribution is 2.46. The minimum atomic E-state index is -0.730. The molecule has 85 heavy (non-hydrogen) atoms. The Bertz CT molecular complexity index is 4010. The molecule has 7 aromatic rings. The molecule has 2 aliphatic rings. The average molecular weight is 1140 g/mol. The molecule has 0 saturated heterocycles. The van der Waals surface area contributed by atoms with Gasteiger partial charge in [-0.05, 0) is 134 Å². The summed E-state index contributed by atoms with van der Waals surface area (Å²) >= 11 is 0. The van der Waals surface area contributed by atoms with Gasteiger partial charge in [0.1, 0.15) is 11.4 Å². The molecule has 0 unspecified atom stereocenters. The van der Waals surface area contributed by atoms with Crippen LogP contribution in [0.1, 0.15) is 243 Å². The van der Waals surface area contributed by atoms with Crippen molar-refractivity contribution in [3.8, 4) is 44.5 Å². The van der Waals surface area contributed by atoms with Gasteiger partial charge in [-0.15, -0.1) is 0 Å². The lowest BCUT2D eigenvalue weighted by Crippen LogP contribution is -2.17. The summed E-state index contributed by atoms with van der Waals surface area (Å²) in [7, 11) is 0. The summed E-state index contributed by atoms with van der Waals surface area (Å²) in [6.45, 7) is 52.4. The minimum Gasteiger partial charge on any atom is -0.354 e. The summed E-state index contributed by atoms with van der Waals surface area (Å²) in [6.07, 6.45) is 1.63. The maximum absolute atomic E-state index is 15.7. The van der Waals surface area contributed by atoms with E-state index >= 15 is 9.59 Å². The maximum Gasteiger partial charge on any atom is 0.297 e. The molecule has 9 nitrogen and oxygen atoms in total. The Balaban J connectivity index is 1.64. The summed E-state index contributed by atoms with van der Waals surface area (Å²) in [5.74, 6) is -1.45. The van der Waals surface area contributed by atoms with E-state index in [4.69, 9.17) is 9.97 Å². The number of carbonyl (C=O) groups is 2. The van der Waals surface area contributed by atoms with E-state index < -0.39 is 11.6 Å². The number of H-pyrrole nitrogens is 2. The Labute approximate surface area is 505 Å². The topological polar surface area (TPSA) is 135 Å². The first kappa shape index (κ1) is 62.0. The molecule has 9 heteroatoms. The molecular weight excluding hydrogens is 1050 g/mol. The Kier molecular flexibility index (Phi) is 15.0. The van der Waals surface area contributed by atoms with Crippen molar-refractivity contribution < 1.29 is 14.5 Å². The highest BCUT2D eigenvalue weighted by molar-refractivity contribution is 6.52. The average Bonchev–Trinajstić information content (AvgIpc) is 1.81. The van der Waals surface area contributed by atoms with Crippen molar-refractivity contribution >= 4 is 45.4 Å². The number of fused-ring (bicyclic) bond motifs is 8. The van der Waals surface area contributed by atoms with E-state index in [1.54, 1.807) is 6.08 Å². The van der Waals surface area contributed by atoms with Crippen LogP contribution in [0.4, 0.5) is 0 Å². The fraction of sp³-hybridized carbons (Fsp3) is 0.421. The van der Waals surface area contributed by atoms with Crippen LogP contribution in [0.5, 0.6) is 0 Å². The fourth-order valence-corrected chi connectivity index (χ4v) is 11.3. The first-order valence-corrected chi connectivity index (χ1v) is 30.2. The molecule has 0 aliphatic carbocycles. The van der Waals surface area contributed by atoms with Crippen LogP contribution in [0.15, 0.2) is 97.1 Å². The lowest BCUT2D eigenvalue weighted by atomic mass is 9.78. The van der Waals surface area contributed by atoms with Gasteiger partial charge in [0.25, 0.3) is 17.3 Å². The third-order valence-corrected chi connectivity index (χ3v) is 17.0. The van der Waals surface area contributed by atoms with Crippen LogP contribution in [-0.4, -0.2) is 36.4 Å². The van der Waals surface area contributed by atoms with Crippen LogP contribution in [0, 0.1) is 10.1 Å². The third kappa shape index (κ3) is 12.2. The highest BCUT2D eigenvalue weighted by Gasteiger charge is 2.37. The maximum atomic E-state index is 15.7. The predicted octanol–water partition coefficient (Wildman–Crippen LogP) is 20.2. The second-order valence-corrected chi connectivity index (χ2v) is 32.4. The standard InChI is InChI=1S/C76H91N5O4/c1-69(2,3)46-29-42(30-47(37-46)70(4,5)6)60-54-25-26-56(77-54)62(44-33-50(73(13,14)15)39-51(34-44)74(16,17)18)65-67(82)68(83)66(80-65)63(45-35-52(75(19,20)21)40-53(36-45)76(22,23)24)57-28-27-55(78-57)61(64-59(81(84)85)41-58(60)79-64)43-31-48(71(7,8)9)38-49(32-43)72(10,11)12/h25-41,77-78H,1-24H3. The summed E-state index contributed by atoms with van der Waals surface area (Å²) in [5, 5.41) is 14.1. The predicted molar refractivity (Wildman–Crippen MR) is 356 cm³/mol. The van der Waals surface area contributed by atoms with Crippen molar-refractivity contribution in [2.24, 2.45) is 0 Å². The lowest BCUT2D eigenvalue weighted by Gasteiger charge is -2.26. The van der Waals surface area contributed by atoms with E-state index in [-0.39, 0.29) is 71.0 Å². The zero-order valence-corrected chi connectivity index (χ0v) is 55.3. The van der Waals surface area contributed by atoms with Crippen molar-refractivity contribution in [3.63, 3.8) is 0 Å². The lowest BCUT2D eigenvalue weighted by molar-refractivity contribution is -0.374. The molecule has 5 heterocycles. The number of aromatic amines is 2. The van der Waals surface area contributed by atoms with Crippen LogP contribution >= 0.6 is 0 Å². The molecule has 444 valence electrons. The van der Waals surface area contributed by atoms with Crippen molar-refractivity contribution in [1.82, 2.24) is 19.9 Å². The number of hydrogen-bond donors (Lipinski definition) is 2. The molecule has 0 spiro atoms. The van der Waals surface area contributed by atoms with Crippen LogP contribution < -0.4 is 0 Å². The molecular formula is C76H91N5O4. The monoisotopic (exact) mass is 1140 g/mol. The second-order valence-electron chi connectivity index (χ2n) is 32.4. The van der Waals surface area contributed by atoms with Crippen LogP contribution in [-0.2, 0) is 43.3 Å². The number of Topliss-reactive ketones (excluding diaryl/α,β-unsaturated/α-hetero) is 2. The van der Waals surface area contributed by atoms with E-state index in [0.717, 1.165) is 61.2 Å². The van der Waals surface area contributed by atoms with Crippen molar-refractivity contribution in [2.45, 2.75) is 209 Å². The van der Waals surface area contributed by atoms with Gasteiger partial charge in [-0.1, -0.05) is 239 Å². The molecule has 8 bridgehead atoms. The smallest absolute Gasteiger partial charge is 0.297 e. The molecule has 0 radical (unpaired) electrons. The number of hydrogen-bond acceptors (Lipinski definition) is 6. The van der Waals surface area contributed by atoms with E-state index in [2.05, 4.69) is 249 Å².